The predicted octanol–water partition coefficient (Wildman–Crippen LogP) is 3.87. The molecule has 0 spiro atoms. The van der Waals surface area contributed by atoms with Crippen molar-refractivity contribution in [3.63, 3.8) is 0 Å². The summed E-state index contributed by atoms with van der Waals surface area (Å²) in [6.45, 7) is 7.90. The minimum Gasteiger partial charge on any atom is -0.374 e. The van der Waals surface area contributed by atoms with E-state index < -0.39 is 0 Å². The van der Waals surface area contributed by atoms with Crippen molar-refractivity contribution in [1.29, 1.82) is 0 Å². The lowest BCUT2D eigenvalue weighted by atomic mass is 9.50. The van der Waals surface area contributed by atoms with E-state index in [1.165, 1.54) is 32.1 Å². The van der Waals surface area contributed by atoms with Gasteiger partial charge in [0.15, 0.2) is 0 Å². The molecule has 0 aliphatic heterocycles. The van der Waals surface area contributed by atoms with Crippen molar-refractivity contribution in [3.8, 4) is 0 Å². The molecule has 4 rings (SSSR count). The zero-order valence-electron chi connectivity index (χ0n) is 11.0. The van der Waals surface area contributed by atoms with Crippen LogP contribution >= 0.6 is 0 Å². The normalized spacial score (nSPS) is 50.2. The van der Waals surface area contributed by atoms with E-state index >= 15 is 0 Å². The van der Waals surface area contributed by atoms with Gasteiger partial charge < -0.3 is 4.74 Å². The first-order chi connectivity index (χ1) is 7.58. The molecule has 4 saturated carbocycles. The summed E-state index contributed by atoms with van der Waals surface area (Å²) in [5.41, 5.74) is 0.234. The highest BCUT2D eigenvalue weighted by atomic mass is 16.5. The van der Waals surface area contributed by atoms with Crippen molar-refractivity contribution in [3.05, 3.63) is 0 Å². The Labute approximate surface area is 99.9 Å². The molecule has 4 aliphatic carbocycles. The van der Waals surface area contributed by atoms with Crippen LogP contribution in [-0.2, 0) is 4.74 Å². The topological polar surface area (TPSA) is 9.23 Å². The first-order valence-corrected chi connectivity index (χ1v) is 7.22. The average molecular weight is 222 g/mol. The molecule has 16 heavy (non-hydrogen) atoms. The highest BCUT2D eigenvalue weighted by Gasteiger charge is 2.55. The van der Waals surface area contributed by atoms with E-state index in [2.05, 4.69) is 20.8 Å². The number of ether oxygens (including phenoxy) is 1. The second kappa shape index (κ2) is 3.73. The first kappa shape index (κ1) is 11.1. The van der Waals surface area contributed by atoms with Gasteiger partial charge in [0.05, 0.1) is 5.60 Å². The molecule has 4 fully saturated rings. The summed E-state index contributed by atoms with van der Waals surface area (Å²) in [5, 5.41) is 0. The van der Waals surface area contributed by atoms with Gasteiger partial charge in [-0.25, -0.2) is 0 Å². The molecule has 0 aromatic heterocycles. The minimum absolute atomic E-state index is 0.234. The molecular weight excluding hydrogens is 196 g/mol. The highest BCUT2D eigenvalue weighted by molar-refractivity contribution is 5.05. The van der Waals surface area contributed by atoms with Gasteiger partial charge in [-0.15, -0.1) is 0 Å². The SMILES string of the molecule is CC(C)COC1(C)C2CC3CC(C2)CC1C3. The zero-order chi connectivity index (χ0) is 11.3. The molecule has 0 aromatic rings. The van der Waals surface area contributed by atoms with Gasteiger partial charge in [0, 0.05) is 6.61 Å². The monoisotopic (exact) mass is 222 g/mol. The number of hydrogen-bond acceptors (Lipinski definition) is 1. The molecule has 0 unspecified atom stereocenters. The van der Waals surface area contributed by atoms with Crippen molar-refractivity contribution in [2.24, 2.45) is 29.6 Å². The summed E-state index contributed by atoms with van der Waals surface area (Å²) in [7, 11) is 0. The Kier molecular flexibility index (Phi) is 2.58. The van der Waals surface area contributed by atoms with E-state index in [1.54, 1.807) is 0 Å². The number of rotatable bonds is 3. The van der Waals surface area contributed by atoms with E-state index in [4.69, 9.17) is 4.74 Å². The molecule has 0 radical (unpaired) electrons. The molecule has 4 aliphatic rings. The molecule has 1 heteroatoms. The lowest BCUT2D eigenvalue weighted by Crippen LogP contribution is -2.57. The average Bonchev–Trinajstić information content (AvgIpc) is 2.22. The molecule has 1 nitrogen and oxygen atoms in total. The summed E-state index contributed by atoms with van der Waals surface area (Å²) in [5.74, 6) is 4.54. The predicted molar refractivity (Wildman–Crippen MR) is 66.2 cm³/mol. The van der Waals surface area contributed by atoms with E-state index in [-0.39, 0.29) is 5.60 Å². The van der Waals surface area contributed by atoms with Gasteiger partial charge in [-0.05, 0) is 68.6 Å². The van der Waals surface area contributed by atoms with Crippen LogP contribution in [0.15, 0.2) is 0 Å². The Balaban J connectivity index is 1.74. The molecule has 0 aromatic carbocycles. The largest absolute Gasteiger partial charge is 0.374 e. The molecule has 0 atom stereocenters. The standard InChI is InChI=1S/C15H26O/c1-10(2)9-16-15(3)13-5-11-4-12(7-13)8-14(15)6-11/h10-14H,4-9H2,1-3H3. The van der Waals surface area contributed by atoms with E-state index in [0.29, 0.717) is 5.92 Å². The molecule has 0 amide bonds. The fourth-order valence-electron chi connectivity index (χ4n) is 4.70. The molecular formula is C15H26O. The van der Waals surface area contributed by atoms with Gasteiger partial charge in [0.25, 0.3) is 0 Å². The van der Waals surface area contributed by atoms with Crippen LogP contribution < -0.4 is 0 Å². The van der Waals surface area contributed by atoms with Crippen molar-refractivity contribution in [2.75, 3.05) is 6.61 Å². The van der Waals surface area contributed by atoms with E-state index in [1.807, 2.05) is 0 Å². The third-order valence-electron chi connectivity index (χ3n) is 5.49. The molecule has 0 heterocycles. The maximum atomic E-state index is 6.37. The third kappa shape index (κ3) is 1.63. The fourth-order valence-corrected chi connectivity index (χ4v) is 4.70. The summed E-state index contributed by atoms with van der Waals surface area (Å²) in [6.07, 6.45) is 7.37. The van der Waals surface area contributed by atoms with E-state index in [0.717, 1.165) is 30.3 Å². The van der Waals surface area contributed by atoms with Crippen LogP contribution in [0.25, 0.3) is 0 Å². The van der Waals surface area contributed by atoms with Crippen molar-refractivity contribution in [2.45, 2.75) is 58.5 Å². The molecule has 92 valence electrons. The van der Waals surface area contributed by atoms with E-state index in [9.17, 15) is 0 Å². The van der Waals surface area contributed by atoms with Gasteiger partial charge in [0.2, 0.25) is 0 Å². The Hall–Kier alpha value is -0.0400. The summed E-state index contributed by atoms with van der Waals surface area (Å²) < 4.78 is 6.37. The second-order valence-corrected chi connectivity index (χ2v) is 7.19. The van der Waals surface area contributed by atoms with Gasteiger partial charge in [-0.3, -0.25) is 0 Å². The smallest absolute Gasteiger partial charge is 0.0711 e. The van der Waals surface area contributed by atoms with Gasteiger partial charge in [0.1, 0.15) is 0 Å². The van der Waals surface area contributed by atoms with Crippen LogP contribution in [-0.4, -0.2) is 12.2 Å². The maximum Gasteiger partial charge on any atom is 0.0711 e. The van der Waals surface area contributed by atoms with Gasteiger partial charge in [-0.2, -0.15) is 0 Å². The summed E-state index contributed by atoms with van der Waals surface area (Å²) in [4.78, 5) is 0. The maximum absolute atomic E-state index is 6.37. The van der Waals surface area contributed by atoms with Crippen LogP contribution in [0, 0.1) is 29.6 Å². The second-order valence-electron chi connectivity index (χ2n) is 7.19. The van der Waals surface area contributed by atoms with Crippen molar-refractivity contribution in [1.82, 2.24) is 0 Å². The van der Waals surface area contributed by atoms with Crippen LogP contribution in [0.3, 0.4) is 0 Å². The highest BCUT2D eigenvalue weighted by Crippen LogP contribution is 2.59. The Morgan fingerprint density at radius 2 is 1.50 bits per heavy atom. The fraction of sp³-hybridized carbons (Fsp3) is 1.00. The molecule has 0 saturated heterocycles. The Bertz CT molecular complexity index is 241. The van der Waals surface area contributed by atoms with Crippen LogP contribution in [0.4, 0.5) is 0 Å². The quantitative estimate of drug-likeness (QED) is 0.704. The summed E-state index contributed by atoms with van der Waals surface area (Å²) in [6, 6.07) is 0. The Morgan fingerprint density at radius 3 is 1.94 bits per heavy atom. The van der Waals surface area contributed by atoms with Crippen molar-refractivity contribution >= 4 is 0 Å². The van der Waals surface area contributed by atoms with Crippen LogP contribution in [0.5, 0.6) is 0 Å². The minimum atomic E-state index is 0.234. The molecule has 0 N–H and O–H groups in total. The van der Waals surface area contributed by atoms with Crippen LogP contribution in [0.1, 0.15) is 52.9 Å². The van der Waals surface area contributed by atoms with Crippen LogP contribution in [0.2, 0.25) is 0 Å². The summed E-state index contributed by atoms with van der Waals surface area (Å²) >= 11 is 0. The molecule has 4 bridgehead atoms. The van der Waals surface area contributed by atoms with Gasteiger partial charge in [-0.1, -0.05) is 13.8 Å². The third-order valence-corrected chi connectivity index (χ3v) is 5.49. The lowest BCUT2D eigenvalue weighted by Gasteiger charge is -2.59. The first-order valence-electron chi connectivity index (χ1n) is 7.22. The van der Waals surface area contributed by atoms with Crippen molar-refractivity contribution < 1.29 is 4.74 Å². The zero-order valence-corrected chi connectivity index (χ0v) is 11.0. The van der Waals surface area contributed by atoms with Gasteiger partial charge >= 0.3 is 0 Å². The lowest BCUT2D eigenvalue weighted by molar-refractivity contribution is -0.198. The Morgan fingerprint density at radius 1 is 1.00 bits per heavy atom. The number of hydrogen-bond donors (Lipinski definition) is 0.